The largest absolute Gasteiger partial charge is 0.493 e. The van der Waals surface area contributed by atoms with E-state index in [4.69, 9.17) is 21.1 Å². The van der Waals surface area contributed by atoms with E-state index in [1.54, 1.807) is 25.3 Å². The van der Waals surface area contributed by atoms with E-state index in [0.29, 0.717) is 34.3 Å². The van der Waals surface area contributed by atoms with Crippen molar-refractivity contribution in [1.29, 1.82) is 0 Å². The molecule has 7 nitrogen and oxygen atoms in total. The number of aromatic nitrogens is 2. The summed E-state index contributed by atoms with van der Waals surface area (Å²) in [5.41, 5.74) is 0.870. The minimum absolute atomic E-state index is 0.0300. The Morgan fingerprint density at radius 3 is 2.68 bits per heavy atom. The van der Waals surface area contributed by atoms with Gasteiger partial charge < -0.3 is 19.6 Å². The number of likely N-dealkylation sites (tertiary alicyclic amines) is 1. The van der Waals surface area contributed by atoms with Crippen LogP contribution in [0.15, 0.2) is 36.7 Å². The molecule has 0 spiro atoms. The molecular formula is C25H26ClFN4O3. The molecule has 2 aliphatic rings. The van der Waals surface area contributed by atoms with Crippen LogP contribution in [0.3, 0.4) is 0 Å². The van der Waals surface area contributed by atoms with Gasteiger partial charge in [-0.05, 0) is 50.3 Å². The second-order valence-corrected chi connectivity index (χ2v) is 9.15. The van der Waals surface area contributed by atoms with Gasteiger partial charge in [-0.3, -0.25) is 4.90 Å². The van der Waals surface area contributed by atoms with Crippen LogP contribution < -0.4 is 14.8 Å². The Morgan fingerprint density at radius 2 is 1.97 bits per heavy atom. The van der Waals surface area contributed by atoms with Crippen molar-refractivity contribution in [3.05, 3.63) is 47.5 Å². The van der Waals surface area contributed by atoms with E-state index in [-0.39, 0.29) is 22.9 Å². The van der Waals surface area contributed by atoms with Crippen molar-refractivity contribution in [2.45, 2.75) is 50.3 Å². The van der Waals surface area contributed by atoms with Gasteiger partial charge in [-0.2, -0.15) is 0 Å². The zero-order valence-corrected chi connectivity index (χ0v) is 19.6. The van der Waals surface area contributed by atoms with Crippen LogP contribution >= 0.6 is 11.6 Å². The minimum Gasteiger partial charge on any atom is -0.493 e. The molecule has 9 heteroatoms. The smallest absolute Gasteiger partial charge is 0.165 e. The van der Waals surface area contributed by atoms with Gasteiger partial charge in [0.2, 0.25) is 0 Å². The molecule has 1 aliphatic heterocycles. The van der Waals surface area contributed by atoms with Crippen LogP contribution in [0.4, 0.5) is 15.9 Å². The third kappa shape index (κ3) is 4.40. The van der Waals surface area contributed by atoms with Gasteiger partial charge in [0.15, 0.2) is 17.3 Å². The van der Waals surface area contributed by atoms with Crippen LogP contribution in [0.5, 0.6) is 11.5 Å². The van der Waals surface area contributed by atoms with Crippen LogP contribution in [0.25, 0.3) is 10.9 Å². The van der Waals surface area contributed by atoms with E-state index in [9.17, 15) is 9.18 Å². The molecule has 1 aliphatic carbocycles. The molecule has 0 bridgehead atoms. The van der Waals surface area contributed by atoms with E-state index >= 15 is 0 Å². The quantitative estimate of drug-likeness (QED) is 0.465. The highest BCUT2D eigenvalue weighted by atomic mass is 35.5. The Balaban J connectivity index is 1.36. The highest BCUT2D eigenvalue weighted by Crippen LogP contribution is 2.38. The number of carbonyl (C=O) groups excluding carboxylic acids is 1. The predicted molar refractivity (Wildman–Crippen MR) is 129 cm³/mol. The van der Waals surface area contributed by atoms with Crippen molar-refractivity contribution >= 4 is 40.3 Å². The van der Waals surface area contributed by atoms with Gasteiger partial charge in [0, 0.05) is 24.0 Å². The zero-order chi connectivity index (χ0) is 23.7. The van der Waals surface area contributed by atoms with E-state index in [2.05, 4.69) is 20.2 Å². The van der Waals surface area contributed by atoms with Gasteiger partial charge in [0.05, 0.1) is 35.5 Å². The standard InChI is InChI=1S/C25H26ClFN4O3/c1-33-22-12-21-18(25(29-14-28-21)30-20-4-2-3-19(26)24(20)27)11-23(22)34-17-7-5-15(6-8-17)31-10-9-16(31)13-32/h2-4,11-17H,5-10H2,1H3,(H,28,29,30)/t15?,16-,17?/m0/s1. The fourth-order valence-electron chi connectivity index (χ4n) is 4.84. The van der Waals surface area contributed by atoms with E-state index in [1.807, 2.05) is 6.07 Å². The van der Waals surface area contributed by atoms with Gasteiger partial charge >= 0.3 is 0 Å². The summed E-state index contributed by atoms with van der Waals surface area (Å²) in [6.07, 6.45) is 7.28. The number of hydrogen-bond acceptors (Lipinski definition) is 7. The van der Waals surface area contributed by atoms with Crippen LogP contribution in [-0.4, -0.2) is 53.0 Å². The lowest BCUT2D eigenvalue weighted by Crippen LogP contribution is -2.55. The van der Waals surface area contributed by atoms with E-state index < -0.39 is 5.82 Å². The monoisotopic (exact) mass is 484 g/mol. The van der Waals surface area contributed by atoms with Crippen LogP contribution in [0.2, 0.25) is 5.02 Å². The molecule has 34 heavy (non-hydrogen) atoms. The Hall–Kier alpha value is -2.97. The summed E-state index contributed by atoms with van der Waals surface area (Å²) >= 11 is 5.93. The maximum atomic E-state index is 14.5. The summed E-state index contributed by atoms with van der Waals surface area (Å²) in [6, 6.07) is 8.92. The van der Waals surface area contributed by atoms with Gasteiger partial charge in [-0.15, -0.1) is 0 Å². The predicted octanol–water partition coefficient (Wildman–Crippen LogP) is 5.14. The number of halogens is 2. The lowest BCUT2D eigenvalue weighted by molar-refractivity contribution is -0.118. The average Bonchev–Trinajstić information content (AvgIpc) is 2.83. The number of methoxy groups -OCH3 is 1. The summed E-state index contributed by atoms with van der Waals surface area (Å²) in [5.74, 6) is 1.08. The highest BCUT2D eigenvalue weighted by molar-refractivity contribution is 6.31. The van der Waals surface area contributed by atoms with Crippen molar-refractivity contribution in [2.24, 2.45) is 0 Å². The molecular weight excluding hydrogens is 459 g/mol. The number of nitrogens with zero attached hydrogens (tertiary/aromatic N) is 3. The number of benzene rings is 2. The van der Waals surface area contributed by atoms with Crippen LogP contribution in [0.1, 0.15) is 32.1 Å². The molecule has 1 saturated carbocycles. The number of aldehydes is 1. The second-order valence-electron chi connectivity index (χ2n) is 8.75. The summed E-state index contributed by atoms with van der Waals surface area (Å²) in [5, 5.41) is 3.74. The van der Waals surface area contributed by atoms with Gasteiger partial charge in [-0.25, -0.2) is 14.4 Å². The Morgan fingerprint density at radius 1 is 1.15 bits per heavy atom. The first-order chi connectivity index (χ1) is 16.6. The molecule has 3 aromatic rings. The summed E-state index contributed by atoms with van der Waals surface area (Å²) < 4.78 is 26.4. The summed E-state index contributed by atoms with van der Waals surface area (Å²) in [7, 11) is 1.59. The van der Waals surface area contributed by atoms with Crippen molar-refractivity contribution in [2.75, 3.05) is 19.0 Å². The van der Waals surface area contributed by atoms with Crippen molar-refractivity contribution in [1.82, 2.24) is 14.9 Å². The molecule has 1 N–H and O–H groups in total. The van der Waals surface area contributed by atoms with Gasteiger partial charge in [-0.1, -0.05) is 17.7 Å². The Bertz CT molecular complexity index is 1200. The highest BCUT2D eigenvalue weighted by Gasteiger charge is 2.36. The molecule has 1 aromatic heterocycles. The molecule has 5 rings (SSSR count). The van der Waals surface area contributed by atoms with Crippen molar-refractivity contribution in [3.8, 4) is 11.5 Å². The first kappa shape index (κ1) is 22.8. The molecule has 2 aromatic carbocycles. The summed E-state index contributed by atoms with van der Waals surface area (Å²) in [4.78, 5) is 22.1. The minimum atomic E-state index is -0.545. The average molecular weight is 485 g/mol. The van der Waals surface area contributed by atoms with E-state index in [1.165, 1.54) is 12.4 Å². The third-order valence-electron chi connectivity index (χ3n) is 6.80. The lowest BCUT2D eigenvalue weighted by Gasteiger charge is -2.45. The zero-order valence-electron chi connectivity index (χ0n) is 18.8. The Kier molecular flexibility index (Phi) is 6.52. The normalized spacial score (nSPS) is 22.7. The number of ether oxygens (including phenoxy) is 2. The number of carbonyl (C=O) groups is 1. The maximum Gasteiger partial charge on any atom is 0.165 e. The number of nitrogens with one attached hydrogen (secondary N) is 1. The third-order valence-corrected chi connectivity index (χ3v) is 7.09. The van der Waals surface area contributed by atoms with Crippen LogP contribution in [-0.2, 0) is 4.79 Å². The lowest BCUT2D eigenvalue weighted by atomic mass is 9.88. The molecule has 0 radical (unpaired) electrons. The molecule has 178 valence electrons. The molecule has 2 heterocycles. The first-order valence-corrected chi connectivity index (χ1v) is 11.9. The van der Waals surface area contributed by atoms with Gasteiger partial charge in [0.1, 0.15) is 18.4 Å². The first-order valence-electron chi connectivity index (χ1n) is 11.5. The molecule has 2 fully saturated rings. The summed E-state index contributed by atoms with van der Waals surface area (Å²) in [6.45, 7) is 1.00. The number of rotatable bonds is 7. The topological polar surface area (TPSA) is 76.6 Å². The van der Waals surface area contributed by atoms with Gasteiger partial charge in [0.25, 0.3) is 0 Å². The maximum absolute atomic E-state index is 14.5. The SMILES string of the molecule is COc1cc2ncnc(Nc3cccc(Cl)c3F)c2cc1OC1CCC(N2CC[C@H]2C=O)CC1. The van der Waals surface area contributed by atoms with Crippen molar-refractivity contribution in [3.63, 3.8) is 0 Å². The van der Waals surface area contributed by atoms with Crippen molar-refractivity contribution < 1.29 is 18.7 Å². The molecule has 0 amide bonds. The fraction of sp³-hybridized carbons (Fsp3) is 0.400. The number of hydrogen-bond donors (Lipinski definition) is 1. The number of anilines is 2. The molecule has 0 unspecified atom stereocenters. The molecule has 1 saturated heterocycles. The molecule has 1 atom stereocenters. The fourth-order valence-corrected chi connectivity index (χ4v) is 5.02. The second kappa shape index (κ2) is 9.72. The van der Waals surface area contributed by atoms with E-state index in [0.717, 1.165) is 44.9 Å². The number of fused-ring (bicyclic) bond motifs is 1. The Labute approximate surface area is 202 Å². The van der Waals surface area contributed by atoms with Crippen LogP contribution in [0, 0.1) is 5.82 Å².